The Bertz CT molecular complexity index is 380. The van der Waals surface area contributed by atoms with E-state index >= 15 is 0 Å². The smallest absolute Gasteiger partial charge is 0.222 e. The molecule has 0 spiro atoms. The fourth-order valence-corrected chi connectivity index (χ4v) is 1.18. The van der Waals surface area contributed by atoms with Crippen molar-refractivity contribution in [2.45, 2.75) is 12.8 Å². The minimum atomic E-state index is 0.627. The molecule has 0 bridgehead atoms. The molecule has 0 radical (unpaired) electrons. The molecule has 6 nitrogen and oxygen atoms in total. The van der Waals surface area contributed by atoms with Gasteiger partial charge < -0.3 is 10.2 Å². The monoisotopic (exact) mass is 193 g/mol. The van der Waals surface area contributed by atoms with Crippen molar-refractivity contribution in [2.75, 3.05) is 6.54 Å². The van der Waals surface area contributed by atoms with Crippen molar-refractivity contribution >= 4 is 0 Å². The molecule has 0 aliphatic heterocycles. The normalized spacial score (nSPS) is 10.6. The van der Waals surface area contributed by atoms with E-state index in [0.717, 1.165) is 18.7 Å². The topological polar surface area (TPSA) is 82.8 Å². The van der Waals surface area contributed by atoms with Gasteiger partial charge in [0.15, 0.2) is 5.82 Å². The van der Waals surface area contributed by atoms with Crippen LogP contribution in [0.4, 0.5) is 0 Å². The van der Waals surface area contributed by atoms with Crippen LogP contribution in [0.15, 0.2) is 22.8 Å². The number of rotatable bonds is 4. The summed E-state index contributed by atoms with van der Waals surface area (Å²) in [6.45, 7) is 0.630. The molecule has 0 saturated carbocycles. The molecule has 74 valence electrons. The van der Waals surface area contributed by atoms with Gasteiger partial charge in [-0.05, 0) is 29.5 Å². The highest BCUT2D eigenvalue weighted by molar-refractivity contribution is 5.16. The second-order valence-corrected chi connectivity index (χ2v) is 2.85. The number of aromatic nitrogens is 4. The second-order valence-electron chi connectivity index (χ2n) is 2.85. The van der Waals surface area contributed by atoms with Crippen molar-refractivity contribution in [2.24, 2.45) is 5.73 Å². The molecular weight excluding hydrogens is 182 g/mol. The molecule has 0 unspecified atom stereocenters. The van der Waals surface area contributed by atoms with Gasteiger partial charge in [-0.3, -0.25) is 0 Å². The zero-order valence-electron chi connectivity index (χ0n) is 7.63. The lowest BCUT2D eigenvalue weighted by Crippen LogP contribution is -2.06. The zero-order chi connectivity index (χ0) is 9.80. The number of nitrogens with two attached hydrogens (primary N) is 1. The van der Waals surface area contributed by atoms with Crippen LogP contribution in [-0.2, 0) is 6.42 Å². The van der Waals surface area contributed by atoms with Gasteiger partial charge in [-0.1, -0.05) is 0 Å². The number of tetrazole rings is 1. The summed E-state index contributed by atoms with van der Waals surface area (Å²) in [5.74, 6) is 1.40. The molecule has 2 N–H and O–H groups in total. The molecule has 0 atom stereocenters. The Morgan fingerprint density at radius 1 is 1.50 bits per heavy atom. The molecule has 0 aromatic carbocycles. The number of hydrogen-bond acceptors (Lipinski definition) is 5. The molecule has 0 aliphatic rings. The summed E-state index contributed by atoms with van der Waals surface area (Å²) in [5, 5.41) is 11.3. The molecule has 0 amide bonds. The number of aryl methyl sites for hydroxylation is 1. The first-order valence-electron chi connectivity index (χ1n) is 4.43. The van der Waals surface area contributed by atoms with Crippen molar-refractivity contribution in [3.8, 4) is 5.88 Å². The van der Waals surface area contributed by atoms with E-state index in [2.05, 4.69) is 15.5 Å². The molecule has 14 heavy (non-hydrogen) atoms. The number of nitrogens with zero attached hydrogens (tertiary/aromatic N) is 4. The van der Waals surface area contributed by atoms with Gasteiger partial charge in [0.1, 0.15) is 0 Å². The Hall–Kier alpha value is -1.69. The molecule has 6 heteroatoms. The lowest BCUT2D eigenvalue weighted by Gasteiger charge is -1.98. The van der Waals surface area contributed by atoms with E-state index in [0.29, 0.717) is 12.4 Å². The van der Waals surface area contributed by atoms with Gasteiger partial charge in [-0.15, -0.1) is 5.10 Å². The Morgan fingerprint density at radius 3 is 3.14 bits per heavy atom. The van der Waals surface area contributed by atoms with E-state index in [1.54, 1.807) is 17.0 Å². The third-order valence-electron chi connectivity index (χ3n) is 1.85. The fourth-order valence-electron chi connectivity index (χ4n) is 1.18. The SMILES string of the molecule is NCCCc1nnnn1-c1ccco1. The summed E-state index contributed by atoms with van der Waals surface area (Å²) in [7, 11) is 0. The Kier molecular flexibility index (Phi) is 2.55. The van der Waals surface area contributed by atoms with Crippen molar-refractivity contribution in [1.29, 1.82) is 0 Å². The van der Waals surface area contributed by atoms with Crippen LogP contribution in [0.5, 0.6) is 0 Å². The average molecular weight is 193 g/mol. The van der Waals surface area contributed by atoms with Crippen molar-refractivity contribution < 1.29 is 4.42 Å². The standard InChI is InChI=1S/C8H11N5O/c9-5-1-3-7-10-11-12-13(7)8-4-2-6-14-8/h2,4,6H,1,3,5,9H2. The average Bonchev–Trinajstić information content (AvgIpc) is 2.84. The van der Waals surface area contributed by atoms with Crippen LogP contribution in [0.25, 0.3) is 5.88 Å². The number of hydrogen-bond donors (Lipinski definition) is 1. The van der Waals surface area contributed by atoms with Gasteiger partial charge >= 0.3 is 0 Å². The van der Waals surface area contributed by atoms with Crippen LogP contribution >= 0.6 is 0 Å². The summed E-state index contributed by atoms with van der Waals surface area (Å²) in [6.07, 6.45) is 3.20. The molecule has 0 saturated heterocycles. The van der Waals surface area contributed by atoms with Gasteiger partial charge in [-0.25, -0.2) is 0 Å². The highest BCUT2D eigenvalue weighted by Crippen LogP contribution is 2.08. The Balaban J connectivity index is 2.22. The van der Waals surface area contributed by atoms with E-state index in [4.69, 9.17) is 10.2 Å². The predicted molar refractivity (Wildman–Crippen MR) is 48.8 cm³/mol. The minimum Gasteiger partial charge on any atom is -0.447 e. The third-order valence-corrected chi connectivity index (χ3v) is 1.85. The molecule has 2 rings (SSSR count). The Morgan fingerprint density at radius 2 is 2.43 bits per heavy atom. The van der Waals surface area contributed by atoms with Gasteiger partial charge in [0.25, 0.3) is 0 Å². The lowest BCUT2D eigenvalue weighted by atomic mass is 10.3. The van der Waals surface area contributed by atoms with Crippen LogP contribution in [0.2, 0.25) is 0 Å². The number of furan rings is 1. The highest BCUT2D eigenvalue weighted by Gasteiger charge is 2.08. The van der Waals surface area contributed by atoms with Crippen LogP contribution in [0, 0.1) is 0 Å². The molecule has 2 aromatic heterocycles. The Labute approximate surface area is 80.7 Å². The molecule has 2 aromatic rings. The van der Waals surface area contributed by atoms with E-state index in [-0.39, 0.29) is 0 Å². The summed E-state index contributed by atoms with van der Waals surface area (Å²) in [5.41, 5.74) is 5.41. The summed E-state index contributed by atoms with van der Waals surface area (Å²) < 4.78 is 6.77. The molecule has 0 fully saturated rings. The third kappa shape index (κ3) is 1.64. The van der Waals surface area contributed by atoms with Crippen LogP contribution in [0.3, 0.4) is 0 Å². The van der Waals surface area contributed by atoms with Gasteiger partial charge in [-0.2, -0.15) is 4.68 Å². The van der Waals surface area contributed by atoms with Crippen molar-refractivity contribution in [3.05, 3.63) is 24.2 Å². The largest absolute Gasteiger partial charge is 0.447 e. The summed E-state index contributed by atoms with van der Waals surface area (Å²) in [4.78, 5) is 0. The lowest BCUT2D eigenvalue weighted by molar-refractivity contribution is 0.508. The quantitative estimate of drug-likeness (QED) is 0.747. The van der Waals surface area contributed by atoms with E-state index in [1.807, 2.05) is 6.07 Å². The summed E-state index contributed by atoms with van der Waals surface area (Å²) in [6, 6.07) is 3.60. The maximum Gasteiger partial charge on any atom is 0.222 e. The van der Waals surface area contributed by atoms with Gasteiger partial charge in [0.2, 0.25) is 5.88 Å². The van der Waals surface area contributed by atoms with Crippen LogP contribution in [-0.4, -0.2) is 26.8 Å². The van der Waals surface area contributed by atoms with Gasteiger partial charge in [0, 0.05) is 12.5 Å². The van der Waals surface area contributed by atoms with E-state index < -0.39 is 0 Å². The van der Waals surface area contributed by atoms with E-state index in [9.17, 15) is 0 Å². The first kappa shape index (κ1) is 8.89. The summed E-state index contributed by atoms with van der Waals surface area (Å²) >= 11 is 0. The second kappa shape index (κ2) is 4.01. The maximum atomic E-state index is 5.41. The molecular formula is C8H11N5O. The van der Waals surface area contributed by atoms with Crippen molar-refractivity contribution in [3.63, 3.8) is 0 Å². The fraction of sp³-hybridized carbons (Fsp3) is 0.375. The molecule has 0 aliphatic carbocycles. The predicted octanol–water partition coefficient (Wildman–Crippen LogP) is 0.147. The van der Waals surface area contributed by atoms with Crippen molar-refractivity contribution in [1.82, 2.24) is 20.2 Å². The maximum absolute atomic E-state index is 5.41. The van der Waals surface area contributed by atoms with E-state index in [1.165, 1.54) is 0 Å². The first-order valence-corrected chi connectivity index (χ1v) is 4.43. The van der Waals surface area contributed by atoms with Crippen LogP contribution < -0.4 is 5.73 Å². The minimum absolute atomic E-state index is 0.627. The first-order chi connectivity index (χ1) is 6.92. The zero-order valence-corrected chi connectivity index (χ0v) is 7.63. The highest BCUT2D eigenvalue weighted by atomic mass is 16.3. The molecule has 2 heterocycles. The van der Waals surface area contributed by atoms with Gasteiger partial charge in [0.05, 0.1) is 6.26 Å². The van der Waals surface area contributed by atoms with Crippen LogP contribution in [0.1, 0.15) is 12.2 Å².